The predicted molar refractivity (Wildman–Crippen MR) is 45.5 cm³/mol. The van der Waals surface area contributed by atoms with Gasteiger partial charge < -0.3 is 9.47 Å². The van der Waals surface area contributed by atoms with Gasteiger partial charge in [0, 0.05) is 21.2 Å². The van der Waals surface area contributed by atoms with Gasteiger partial charge >= 0.3 is 11.7 Å². The van der Waals surface area contributed by atoms with Crippen LogP contribution in [-0.4, -0.2) is 27.7 Å². The second-order valence-corrected chi connectivity index (χ2v) is 2.67. The Bertz CT molecular complexity index is 341. The van der Waals surface area contributed by atoms with Gasteiger partial charge in [-0.3, -0.25) is 0 Å². The van der Waals surface area contributed by atoms with Crippen LogP contribution in [0.3, 0.4) is 0 Å². The summed E-state index contributed by atoms with van der Waals surface area (Å²) in [5.74, 6) is 0. The second-order valence-electron chi connectivity index (χ2n) is 2.67. The van der Waals surface area contributed by atoms with Crippen LogP contribution in [-0.2, 0) is 18.8 Å². The number of rotatable bonds is 3. The largest absolute Gasteiger partial charge is 0.434 e. The highest BCUT2D eigenvalue weighted by Crippen LogP contribution is 2.03. The molecule has 0 N–H and O–H groups in total. The summed E-state index contributed by atoms with van der Waals surface area (Å²) in [7, 11) is 4.67. The molecule has 6 heteroatoms. The van der Waals surface area contributed by atoms with Gasteiger partial charge in [-0.25, -0.2) is 14.0 Å². The highest BCUT2D eigenvalue weighted by Gasteiger charge is 2.11. The molecule has 0 amide bonds. The van der Waals surface area contributed by atoms with Crippen molar-refractivity contribution in [3.8, 4) is 6.01 Å². The van der Waals surface area contributed by atoms with Crippen molar-refractivity contribution in [3.05, 3.63) is 10.5 Å². The number of hydrogen-bond donors (Lipinski definition) is 0. The Morgan fingerprint density at radius 2 is 2.08 bits per heavy atom. The summed E-state index contributed by atoms with van der Waals surface area (Å²) in [6.45, 7) is 1.72. The van der Waals surface area contributed by atoms with E-state index >= 15 is 0 Å². The maximum Gasteiger partial charge on any atom is 0.348 e. The molecular formula is C7H13N3O3. The molecule has 0 fully saturated rings. The Morgan fingerprint density at radius 1 is 1.46 bits per heavy atom. The van der Waals surface area contributed by atoms with Crippen LogP contribution in [0, 0.1) is 0 Å². The van der Waals surface area contributed by atoms with Gasteiger partial charge in [0.05, 0.1) is 0 Å². The topological polar surface area (TPSA) is 58.3 Å². The first-order valence-electron chi connectivity index (χ1n) is 3.85. The summed E-state index contributed by atoms with van der Waals surface area (Å²) in [5.41, 5.74) is -0.224. The number of hydrogen-bond acceptors (Lipinski definition) is 4. The average molecular weight is 187 g/mol. The van der Waals surface area contributed by atoms with E-state index in [1.165, 1.54) is 16.4 Å². The van der Waals surface area contributed by atoms with Gasteiger partial charge in [0.1, 0.15) is 0 Å². The molecule has 13 heavy (non-hydrogen) atoms. The molecule has 74 valence electrons. The zero-order valence-electron chi connectivity index (χ0n) is 8.14. The minimum absolute atomic E-state index is 0.224. The number of methoxy groups -OCH3 is 1. The van der Waals surface area contributed by atoms with Crippen LogP contribution >= 0.6 is 0 Å². The van der Waals surface area contributed by atoms with E-state index in [1.807, 2.05) is 0 Å². The van der Waals surface area contributed by atoms with Gasteiger partial charge in [0.25, 0.3) is 0 Å². The predicted octanol–water partition coefficient (Wildman–Crippen LogP) is -0.510. The number of nitrogens with zero attached hydrogens (tertiary/aromatic N) is 3. The summed E-state index contributed by atoms with van der Waals surface area (Å²) < 4.78 is 12.6. The molecule has 1 aromatic heterocycles. The highest BCUT2D eigenvalue weighted by atomic mass is 16.7. The Kier molecular flexibility index (Phi) is 2.72. The summed E-state index contributed by atoms with van der Waals surface area (Å²) in [6, 6.07) is 0.252. The Hall–Kier alpha value is -1.30. The summed E-state index contributed by atoms with van der Waals surface area (Å²) in [6.07, 6.45) is -0.416. The van der Waals surface area contributed by atoms with Gasteiger partial charge in [0.15, 0.2) is 6.29 Å². The highest BCUT2D eigenvalue weighted by molar-refractivity contribution is 4.92. The van der Waals surface area contributed by atoms with E-state index in [0.717, 1.165) is 0 Å². The van der Waals surface area contributed by atoms with Crippen LogP contribution in [0.1, 0.15) is 6.92 Å². The molecular weight excluding hydrogens is 174 g/mol. The molecule has 0 bridgehead atoms. The van der Waals surface area contributed by atoms with E-state index in [4.69, 9.17) is 9.47 Å². The molecule has 0 saturated carbocycles. The molecule has 6 nitrogen and oxygen atoms in total. The number of aryl methyl sites for hydroxylation is 1. The summed E-state index contributed by atoms with van der Waals surface area (Å²) >= 11 is 0. The van der Waals surface area contributed by atoms with Crippen molar-refractivity contribution >= 4 is 0 Å². The van der Waals surface area contributed by atoms with Gasteiger partial charge in [-0.1, -0.05) is 0 Å². The Labute approximate surface area is 75.7 Å². The molecule has 0 saturated heterocycles. The van der Waals surface area contributed by atoms with E-state index in [0.29, 0.717) is 0 Å². The molecule has 1 unspecified atom stereocenters. The van der Waals surface area contributed by atoms with Crippen molar-refractivity contribution in [2.75, 3.05) is 7.11 Å². The molecule has 0 aliphatic carbocycles. The standard InChI is InChI=1S/C7H13N3O3/c1-5(12-4)13-6-8-10(3)7(11)9(6)2/h5H,1-4H3. The molecule has 1 rings (SSSR count). The lowest BCUT2D eigenvalue weighted by molar-refractivity contribution is -0.0459. The SMILES string of the molecule is COC(C)Oc1nn(C)c(=O)n1C. The molecule has 0 aliphatic rings. The van der Waals surface area contributed by atoms with Gasteiger partial charge in [-0.15, -0.1) is 5.10 Å². The minimum atomic E-state index is -0.416. The van der Waals surface area contributed by atoms with Crippen LogP contribution < -0.4 is 10.4 Å². The normalized spacial score (nSPS) is 12.9. The first kappa shape index (κ1) is 9.79. The van der Waals surface area contributed by atoms with Crippen molar-refractivity contribution < 1.29 is 9.47 Å². The fraction of sp³-hybridized carbons (Fsp3) is 0.714. The van der Waals surface area contributed by atoms with Crippen LogP contribution in [0.5, 0.6) is 6.01 Å². The molecule has 1 aromatic rings. The van der Waals surface area contributed by atoms with Crippen LogP contribution in [0.4, 0.5) is 0 Å². The van der Waals surface area contributed by atoms with E-state index < -0.39 is 6.29 Å². The first-order chi connectivity index (χ1) is 6.06. The van der Waals surface area contributed by atoms with Crippen LogP contribution in [0.25, 0.3) is 0 Å². The Morgan fingerprint density at radius 3 is 2.46 bits per heavy atom. The third-order valence-electron chi connectivity index (χ3n) is 1.69. The minimum Gasteiger partial charge on any atom is -0.434 e. The van der Waals surface area contributed by atoms with E-state index in [1.54, 1.807) is 21.0 Å². The third-order valence-corrected chi connectivity index (χ3v) is 1.69. The van der Waals surface area contributed by atoms with Crippen molar-refractivity contribution in [1.82, 2.24) is 14.3 Å². The lowest BCUT2D eigenvalue weighted by Crippen LogP contribution is -2.21. The van der Waals surface area contributed by atoms with E-state index in [-0.39, 0.29) is 11.7 Å². The Balaban J connectivity index is 2.90. The summed E-state index contributed by atoms with van der Waals surface area (Å²) in [5, 5.41) is 3.86. The average Bonchev–Trinajstić information content (AvgIpc) is 2.34. The van der Waals surface area contributed by atoms with Crippen LogP contribution in [0.15, 0.2) is 4.79 Å². The monoisotopic (exact) mass is 187 g/mol. The molecule has 1 heterocycles. The smallest absolute Gasteiger partial charge is 0.348 e. The van der Waals surface area contributed by atoms with E-state index in [9.17, 15) is 4.79 Å². The molecule has 0 radical (unpaired) electrons. The van der Waals surface area contributed by atoms with Gasteiger partial charge in [-0.2, -0.15) is 0 Å². The first-order valence-corrected chi connectivity index (χ1v) is 3.85. The zero-order chi connectivity index (χ0) is 10.0. The molecule has 0 aromatic carbocycles. The molecule has 0 spiro atoms. The lowest BCUT2D eigenvalue weighted by atomic mass is 10.7. The number of aromatic nitrogens is 3. The van der Waals surface area contributed by atoms with E-state index in [2.05, 4.69) is 5.10 Å². The van der Waals surface area contributed by atoms with Crippen molar-refractivity contribution in [3.63, 3.8) is 0 Å². The van der Waals surface area contributed by atoms with Crippen molar-refractivity contribution in [2.24, 2.45) is 14.1 Å². The van der Waals surface area contributed by atoms with Crippen molar-refractivity contribution in [2.45, 2.75) is 13.2 Å². The second kappa shape index (κ2) is 3.61. The van der Waals surface area contributed by atoms with Crippen LogP contribution in [0.2, 0.25) is 0 Å². The third kappa shape index (κ3) is 1.89. The van der Waals surface area contributed by atoms with Crippen molar-refractivity contribution in [1.29, 1.82) is 0 Å². The van der Waals surface area contributed by atoms with Gasteiger partial charge in [-0.05, 0) is 6.92 Å². The molecule has 0 aliphatic heterocycles. The quantitative estimate of drug-likeness (QED) is 0.598. The van der Waals surface area contributed by atoms with Gasteiger partial charge in [0.2, 0.25) is 0 Å². The summed E-state index contributed by atoms with van der Waals surface area (Å²) in [4.78, 5) is 11.2. The maximum absolute atomic E-state index is 11.2. The lowest BCUT2D eigenvalue weighted by Gasteiger charge is -2.09. The zero-order valence-corrected chi connectivity index (χ0v) is 8.14. The molecule has 1 atom stereocenters. The fourth-order valence-corrected chi connectivity index (χ4v) is 0.836. The number of ether oxygens (including phenoxy) is 2. The fourth-order valence-electron chi connectivity index (χ4n) is 0.836. The maximum atomic E-state index is 11.2.